The highest BCUT2D eigenvalue weighted by Crippen LogP contribution is 2.24. The molecule has 0 bridgehead atoms. The predicted molar refractivity (Wildman–Crippen MR) is 162 cm³/mol. The fourth-order valence-corrected chi connectivity index (χ4v) is 4.91. The van der Waals surface area contributed by atoms with E-state index < -0.39 is 0 Å². The smallest absolute Gasteiger partial charge is 0.185 e. The standard InChI is InChI=1S/C35H52O3/c1-4-5-6-7-8-9-10-11-12-13-14-15-16-17-18-19-26-38-33-23-21-32(22-24-33)34(36)25-20-31-27-29(2)35(37)30(3)28-31/h20-25,27-28,37H,4-19,26H2,1-3H3. The van der Waals surface area contributed by atoms with Crippen LogP contribution in [0.3, 0.4) is 0 Å². The largest absolute Gasteiger partial charge is 0.507 e. The summed E-state index contributed by atoms with van der Waals surface area (Å²) in [5, 5.41) is 9.90. The Kier molecular flexibility index (Phi) is 16.3. The Morgan fingerprint density at radius 1 is 0.711 bits per heavy atom. The van der Waals surface area contributed by atoms with E-state index in [0.717, 1.165) is 35.5 Å². The number of aromatic hydroxyl groups is 1. The van der Waals surface area contributed by atoms with Gasteiger partial charge in [0.05, 0.1) is 6.61 Å². The van der Waals surface area contributed by atoms with Crippen molar-refractivity contribution in [2.75, 3.05) is 6.61 Å². The van der Waals surface area contributed by atoms with Gasteiger partial charge in [-0.1, -0.05) is 109 Å². The molecule has 2 aromatic carbocycles. The minimum absolute atomic E-state index is 0.0438. The number of rotatable bonds is 21. The fourth-order valence-electron chi connectivity index (χ4n) is 4.91. The van der Waals surface area contributed by atoms with E-state index in [1.807, 2.05) is 50.2 Å². The van der Waals surface area contributed by atoms with Crippen molar-refractivity contribution in [2.24, 2.45) is 0 Å². The number of ether oxygens (including phenoxy) is 1. The normalized spacial score (nSPS) is 11.3. The van der Waals surface area contributed by atoms with Crippen LogP contribution in [0.4, 0.5) is 0 Å². The van der Waals surface area contributed by atoms with Crippen molar-refractivity contribution in [3.63, 3.8) is 0 Å². The Morgan fingerprint density at radius 3 is 1.63 bits per heavy atom. The van der Waals surface area contributed by atoms with Crippen LogP contribution in [0, 0.1) is 13.8 Å². The van der Waals surface area contributed by atoms with Crippen molar-refractivity contribution in [1.82, 2.24) is 0 Å². The average molecular weight is 521 g/mol. The van der Waals surface area contributed by atoms with Crippen LogP contribution < -0.4 is 4.74 Å². The lowest BCUT2D eigenvalue weighted by atomic mass is 10.0. The Labute approximate surface area is 232 Å². The lowest BCUT2D eigenvalue weighted by Crippen LogP contribution is -1.99. The van der Waals surface area contributed by atoms with Crippen LogP contribution >= 0.6 is 0 Å². The molecule has 2 aromatic rings. The number of allylic oxidation sites excluding steroid dienone is 1. The highest BCUT2D eigenvalue weighted by molar-refractivity contribution is 6.06. The summed E-state index contributed by atoms with van der Waals surface area (Å²) in [6.07, 6.45) is 25.2. The van der Waals surface area contributed by atoms with Gasteiger partial charge in [-0.2, -0.15) is 0 Å². The first-order chi connectivity index (χ1) is 18.5. The van der Waals surface area contributed by atoms with Crippen molar-refractivity contribution in [3.05, 3.63) is 64.7 Å². The van der Waals surface area contributed by atoms with E-state index in [0.29, 0.717) is 11.3 Å². The molecule has 0 saturated heterocycles. The second kappa shape index (κ2) is 19.5. The Morgan fingerprint density at radius 2 is 1.16 bits per heavy atom. The molecule has 0 heterocycles. The van der Waals surface area contributed by atoms with Gasteiger partial charge >= 0.3 is 0 Å². The minimum Gasteiger partial charge on any atom is -0.507 e. The molecule has 210 valence electrons. The van der Waals surface area contributed by atoms with E-state index in [-0.39, 0.29) is 5.78 Å². The van der Waals surface area contributed by atoms with E-state index in [9.17, 15) is 9.90 Å². The number of benzene rings is 2. The first-order valence-corrected chi connectivity index (χ1v) is 15.3. The molecule has 0 amide bonds. The van der Waals surface area contributed by atoms with Crippen LogP contribution in [-0.2, 0) is 0 Å². The van der Waals surface area contributed by atoms with Crippen molar-refractivity contribution >= 4 is 11.9 Å². The van der Waals surface area contributed by atoms with Crippen LogP contribution in [0.15, 0.2) is 42.5 Å². The number of hydrogen-bond donors (Lipinski definition) is 1. The van der Waals surface area contributed by atoms with Gasteiger partial charge < -0.3 is 9.84 Å². The number of carbonyl (C=O) groups excluding carboxylic acids is 1. The molecule has 0 spiro atoms. The summed E-state index contributed by atoms with van der Waals surface area (Å²) in [5.41, 5.74) is 3.17. The molecule has 3 nitrogen and oxygen atoms in total. The SMILES string of the molecule is CCCCCCCCCCCCCCCCCCOc1ccc(C(=O)C=Cc2cc(C)c(O)c(C)c2)cc1. The summed E-state index contributed by atoms with van der Waals surface area (Å²) < 4.78 is 5.87. The molecule has 0 aliphatic heterocycles. The van der Waals surface area contributed by atoms with Crippen LogP contribution in [0.2, 0.25) is 0 Å². The highest BCUT2D eigenvalue weighted by Gasteiger charge is 2.05. The second-order valence-corrected chi connectivity index (χ2v) is 10.9. The minimum atomic E-state index is -0.0438. The monoisotopic (exact) mass is 520 g/mol. The average Bonchev–Trinajstić information content (AvgIpc) is 2.92. The van der Waals surface area contributed by atoms with Crippen LogP contribution in [-0.4, -0.2) is 17.5 Å². The van der Waals surface area contributed by atoms with Crippen molar-refractivity contribution < 1.29 is 14.6 Å². The van der Waals surface area contributed by atoms with Crippen LogP contribution in [0.1, 0.15) is 137 Å². The molecule has 2 rings (SSSR count). The van der Waals surface area contributed by atoms with E-state index in [1.165, 1.54) is 96.3 Å². The van der Waals surface area contributed by atoms with Gasteiger partial charge in [0.25, 0.3) is 0 Å². The van der Waals surface area contributed by atoms with Crippen LogP contribution in [0.25, 0.3) is 6.08 Å². The molecule has 0 fully saturated rings. The van der Waals surface area contributed by atoms with Gasteiger partial charge in [0.1, 0.15) is 11.5 Å². The van der Waals surface area contributed by atoms with Crippen LogP contribution in [0.5, 0.6) is 11.5 Å². The molecule has 0 radical (unpaired) electrons. The maximum absolute atomic E-state index is 12.5. The molecular weight excluding hydrogens is 468 g/mol. The number of aryl methyl sites for hydroxylation is 2. The molecule has 3 heteroatoms. The number of phenols is 1. The van der Waals surface area contributed by atoms with Gasteiger partial charge in [-0.15, -0.1) is 0 Å². The maximum atomic E-state index is 12.5. The quantitative estimate of drug-likeness (QED) is 0.101. The van der Waals surface area contributed by atoms with E-state index in [1.54, 1.807) is 12.2 Å². The van der Waals surface area contributed by atoms with E-state index in [4.69, 9.17) is 4.74 Å². The number of phenolic OH excluding ortho intramolecular Hbond substituents is 1. The van der Waals surface area contributed by atoms with Crippen molar-refractivity contribution in [2.45, 2.75) is 124 Å². The first-order valence-electron chi connectivity index (χ1n) is 15.3. The second-order valence-electron chi connectivity index (χ2n) is 10.9. The Bertz CT molecular complexity index is 919. The van der Waals surface area contributed by atoms with Gasteiger partial charge in [0.15, 0.2) is 5.78 Å². The summed E-state index contributed by atoms with van der Waals surface area (Å²) in [6.45, 7) is 6.73. The third kappa shape index (κ3) is 13.3. The third-order valence-electron chi connectivity index (χ3n) is 7.35. The van der Waals surface area contributed by atoms with Crippen molar-refractivity contribution in [3.8, 4) is 11.5 Å². The van der Waals surface area contributed by atoms with Gasteiger partial charge in [-0.05, 0) is 79.4 Å². The highest BCUT2D eigenvalue weighted by atomic mass is 16.5. The number of ketones is 1. The van der Waals surface area contributed by atoms with Gasteiger partial charge in [-0.3, -0.25) is 4.79 Å². The van der Waals surface area contributed by atoms with E-state index >= 15 is 0 Å². The number of hydrogen-bond acceptors (Lipinski definition) is 3. The zero-order chi connectivity index (χ0) is 27.4. The number of unbranched alkanes of at least 4 members (excludes halogenated alkanes) is 15. The van der Waals surface area contributed by atoms with E-state index in [2.05, 4.69) is 6.92 Å². The molecule has 0 saturated carbocycles. The van der Waals surface area contributed by atoms with Gasteiger partial charge in [-0.25, -0.2) is 0 Å². The summed E-state index contributed by atoms with van der Waals surface area (Å²) in [5.74, 6) is 1.08. The summed E-state index contributed by atoms with van der Waals surface area (Å²) in [4.78, 5) is 12.5. The Balaban J connectivity index is 1.48. The van der Waals surface area contributed by atoms with Crippen molar-refractivity contribution in [1.29, 1.82) is 0 Å². The molecule has 38 heavy (non-hydrogen) atoms. The summed E-state index contributed by atoms with van der Waals surface area (Å²) in [6, 6.07) is 11.2. The molecule has 0 atom stereocenters. The third-order valence-corrected chi connectivity index (χ3v) is 7.35. The summed E-state index contributed by atoms with van der Waals surface area (Å²) in [7, 11) is 0. The topological polar surface area (TPSA) is 46.5 Å². The fraction of sp³-hybridized carbons (Fsp3) is 0.571. The lowest BCUT2D eigenvalue weighted by molar-refractivity contribution is 0.104. The van der Waals surface area contributed by atoms with Gasteiger partial charge in [0, 0.05) is 5.56 Å². The maximum Gasteiger partial charge on any atom is 0.185 e. The first kappa shape index (κ1) is 31.7. The Hall–Kier alpha value is -2.55. The lowest BCUT2D eigenvalue weighted by Gasteiger charge is -2.07. The zero-order valence-electron chi connectivity index (χ0n) is 24.4. The summed E-state index contributed by atoms with van der Waals surface area (Å²) >= 11 is 0. The molecule has 0 aliphatic rings. The van der Waals surface area contributed by atoms with Gasteiger partial charge in [0.2, 0.25) is 0 Å². The molecule has 0 unspecified atom stereocenters. The molecule has 0 aromatic heterocycles. The predicted octanol–water partition coefficient (Wildman–Crippen LogP) is 10.5. The molecular formula is C35H52O3. The zero-order valence-corrected chi connectivity index (χ0v) is 24.4. The molecule has 1 N–H and O–H groups in total. The molecule has 0 aliphatic carbocycles. The number of carbonyl (C=O) groups is 1.